The van der Waals surface area contributed by atoms with E-state index in [1.165, 1.54) is 10.5 Å². The van der Waals surface area contributed by atoms with Crippen molar-refractivity contribution in [3.8, 4) is 0 Å². The largest absolute Gasteiger partial charge is 0.395 e. The van der Waals surface area contributed by atoms with E-state index in [1.54, 1.807) is 0 Å². The van der Waals surface area contributed by atoms with Gasteiger partial charge in [0.15, 0.2) is 0 Å². The molecule has 0 aromatic heterocycles. The fourth-order valence-electron chi connectivity index (χ4n) is 2.50. The molecule has 1 aromatic rings. The number of aliphatic hydroxyl groups excluding tert-OH is 1. The second kappa shape index (κ2) is 6.48. The van der Waals surface area contributed by atoms with Crippen molar-refractivity contribution in [2.24, 2.45) is 0 Å². The molecule has 1 aliphatic heterocycles. The summed E-state index contributed by atoms with van der Waals surface area (Å²) in [4.78, 5) is 3.58. The lowest BCUT2D eigenvalue weighted by Crippen LogP contribution is -2.50. The fraction of sp³-hybridized carbons (Fsp3) is 0.625. The van der Waals surface area contributed by atoms with E-state index >= 15 is 0 Å². The van der Waals surface area contributed by atoms with Crippen LogP contribution in [-0.2, 0) is 5.41 Å². The Balaban J connectivity index is 2.11. The van der Waals surface area contributed by atoms with E-state index in [1.807, 2.05) is 11.9 Å². The van der Waals surface area contributed by atoms with Crippen molar-refractivity contribution < 1.29 is 5.11 Å². The number of likely N-dealkylation sites (N-methyl/N-ethyl adjacent to an activating group) is 1. The van der Waals surface area contributed by atoms with Gasteiger partial charge in [0.25, 0.3) is 0 Å². The average Bonchev–Trinajstić information content (AvgIpc) is 2.40. The smallest absolute Gasteiger partial charge is 0.0599 e. The molecule has 112 valence electrons. The maximum atomic E-state index is 9.45. The third-order valence-corrected chi connectivity index (χ3v) is 5.02. The Kier molecular flexibility index (Phi) is 5.13. The molecule has 2 rings (SSSR count). The van der Waals surface area contributed by atoms with Crippen LogP contribution < -0.4 is 0 Å². The monoisotopic (exact) mass is 294 g/mol. The molecular formula is C16H26N2OS. The summed E-state index contributed by atoms with van der Waals surface area (Å²) in [6, 6.07) is 8.90. The lowest BCUT2D eigenvalue weighted by atomic mass is 9.87. The minimum Gasteiger partial charge on any atom is -0.395 e. The molecular weight excluding hydrogens is 268 g/mol. The van der Waals surface area contributed by atoms with Crippen LogP contribution in [0.25, 0.3) is 0 Å². The fourth-order valence-corrected chi connectivity index (χ4v) is 3.81. The molecule has 0 radical (unpaired) electrons. The lowest BCUT2D eigenvalue weighted by molar-refractivity contribution is 0.0964. The lowest BCUT2D eigenvalue weighted by Gasteiger charge is -2.38. The minimum atomic E-state index is 0.159. The van der Waals surface area contributed by atoms with Crippen LogP contribution in [0.2, 0.25) is 0 Å². The van der Waals surface area contributed by atoms with Crippen molar-refractivity contribution in [3.05, 3.63) is 29.8 Å². The predicted octanol–water partition coefficient (Wildman–Crippen LogP) is 2.60. The molecule has 0 aliphatic carbocycles. The van der Waals surface area contributed by atoms with Gasteiger partial charge in [0.1, 0.15) is 0 Å². The summed E-state index contributed by atoms with van der Waals surface area (Å²) in [5.74, 6) is 0. The molecule has 0 saturated carbocycles. The SMILES string of the molecule is CN1CCN(Sc2ccccc2C(C)(C)C)CC1CO. The molecule has 1 heterocycles. The zero-order valence-corrected chi connectivity index (χ0v) is 13.8. The average molecular weight is 294 g/mol. The Bertz CT molecular complexity index is 444. The Morgan fingerprint density at radius 2 is 1.95 bits per heavy atom. The number of hydrogen-bond donors (Lipinski definition) is 1. The molecule has 1 atom stereocenters. The van der Waals surface area contributed by atoms with Crippen molar-refractivity contribution in [3.63, 3.8) is 0 Å². The molecule has 1 aliphatic rings. The number of nitrogens with zero attached hydrogens (tertiary/aromatic N) is 2. The quantitative estimate of drug-likeness (QED) is 0.867. The summed E-state index contributed by atoms with van der Waals surface area (Å²) in [5.41, 5.74) is 1.55. The van der Waals surface area contributed by atoms with Crippen LogP contribution in [0, 0.1) is 0 Å². The molecule has 0 bridgehead atoms. The van der Waals surface area contributed by atoms with Gasteiger partial charge in [-0.1, -0.05) is 39.0 Å². The molecule has 4 heteroatoms. The molecule has 1 N–H and O–H groups in total. The second-order valence-corrected chi connectivity index (χ2v) is 7.68. The molecule has 0 amide bonds. The first-order valence-corrected chi connectivity index (χ1v) is 8.02. The van der Waals surface area contributed by atoms with Gasteiger partial charge in [0, 0.05) is 30.6 Å². The van der Waals surface area contributed by atoms with Crippen LogP contribution in [0.4, 0.5) is 0 Å². The zero-order valence-electron chi connectivity index (χ0n) is 13.0. The van der Waals surface area contributed by atoms with Gasteiger partial charge < -0.3 is 5.11 Å². The molecule has 0 spiro atoms. The van der Waals surface area contributed by atoms with Crippen molar-refractivity contribution in [2.45, 2.75) is 37.1 Å². The highest BCUT2D eigenvalue weighted by atomic mass is 32.2. The molecule has 1 fully saturated rings. The van der Waals surface area contributed by atoms with Crippen LogP contribution in [0.15, 0.2) is 29.2 Å². The highest BCUT2D eigenvalue weighted by Gasteiger charge is 2.26. The molecule has 1 saturated heterocycles. The first-order chi connectivity index (χ1) is 9.41. The summed E-state index contributed by atoms with van der Waals surface area (Å²) >= 11 is 1.83. The van der Waals surface area contributed by atoms with Gasteiger partial charge in [0.05, 0.1) is 6.61 Å². The summed E-state index contributed by atoms with van der Waals surface area (Å²) in [5, 5.41) is 9.45. The minimum absolute atomic E-state index is 0.159. The van der Waals surface area contributed by atoms with Crippen molar-refractivity contribution >= 4 is 11.9 Å². The third kappa shape index (κ3) is 3.76. The summed E-state index contributed by atoms with van der Waals surface area (Å²) in [6.45, 7) is 9.96. The number of aliphatic hydroxyl groups is 1. The van der Waals surface area contributed by atoms with E-state index in [2.05, 4.69) is 61.3 Å². The molecule has 1 aromatic carbocycles. The van der Waals surface area contributed by atoms with Crippen molar-refractivity contribution in [1.82, 2.24) is 9.21 Å². The van der Waals surface area contributed by atoms with E-state index in [-0.39, 0.29) is 18.1 Å². The van der Waals surface area contributed by atoms with Gasteiger partial charge in [-0.15, -0.1) is 0 Å². The van der Waals surface area contributed by atoms with Crippen LogP contribution in [-0.4, -0.2) is 53.6 Å². The van der Waals surface area contributed by atoms with Gasteiger partial charge in [-0.05, 0) is 36.0 Å². The maximum absolute atomic E-state index is 9.45. The van der Waals surface area contributed by atoms with E-state index in [4.69, 9.17) is 0 Å². The van der Waals surface area contributed by atoms with Gasteiger partial charge in [-0.25, -0.2) is 4.31 Å². The second-order valence-electron chi connectivity index (χ2n) is 6.54. The first-order valence-electron chi connectivity index (χ1n) is 7.25. The van der Waals surface area contributed by atoms with Gasteiger partial charge in [-0.2, -0.15) is 0 Å². The Morgan fingerprint density at radius 1 is 1.25 bits per heavy atom. The normalized spacial score (nSPS) is 22.1. The van der Waals surface area contributed by atoms with Crippen LogP contribution in [0.3, 0.4) is 0 Å². The standard InChI is InChI=1S/C16H26N2OS/c1-16(2,3)14-7-5-6-8-15(14)20-18-10-9-17(4)13(11-18)12-19/h5-8,13,19H,9-12H2,1-4H3. The van der Waals surface area contributed by atoms with E-state index < -0.39 is 0 Å². The molecule has 20 heavy (non-hydrogen) atoms. The van der Waals surface area contributed by atoms with E-state index in [9.17, 15) is 5.11 Å². The first kappa shape index (κ1) is 15.8. The summed E-state index contributed by atoms with van der Waals surface area (Å²) in [6.07, 6.45) is 0. The number of rotatable bonds is 3. The summed E-state index contributed by atoms with van der Waals surface area (Å²) < 4.78 is 2.38. The van der Waals surface area contributed by atoms with Crippen LogP contribution in [0.1, 0.15) is 26.3 Å². The maximum Gasteiger partial charge on any atom is 0.0599 e. The van der Waals surface area contributed by atoms with Gasteiger partial charge in [0.2, 0.25) is 0 Å². The number of hydrogen-bond acceptors (Lipinski definition) is 4. The topological polar surface area (TPSA) is 26.7 Å². The molecule has 3 nitrogen and oxygen atoms in total. The highest BCUT2D eigenvalue weighted by molar-refractivity contribution is 7.97. The van der Waals surface area contributed by atoms with E-state index in [0.29, 0.717) is 0 Å². The van der Waals surface area contributed by atoms with Crippen LogP contribution in [0.5, 0.6) is 0 Å². The number of benzene rings is 1. The Labute approximate surface area is 127 Å². The number of piperazine rings is 1. The highest BCUT2D eigenvalue weighted by Crippen LogP contribution is 2.34. The zero-order chi connectivity index (χ0) is 14.8. The van der Waals surface area contributed by atoms with E-state index in [0.717, 1.165) is 19.6 Å². The predicted molar refractivity (Wildman–Crippen MR) is 86.1 cm³/mol. The van der Waals surface area contributed by atoms with Gasteiger partial charge >= 0.3 is 0 Å². The van der Waals surface area contributed by atoms with Crippen molar-refractivity contribution in [2.75, 3.05) is 33.3 Å². The molecule has 1 unspecified atom stereocenters. The third-order valence-electron chi connectivity index (χ3n) is 3.87. The van der Waals surface area contributed by atoms with Crippen LogP contribution >= 0.6 is 11.9 Å². The summed E-state index contributed by atoms with van der Waals surface area (Å²) in [7, 11) is 2.09. The Hall–Kier alpha value is -0.550. The van der Waals surface area contributed by atoms with Crippen molar-refractivity contribution in [1.29, 1.82) is 0 Å². The Morgan fingerprint density at radius 3 is 2.60 bits per heavy atom. The van der Waals surface area contributed by atoms with Gasteiger partial charge in [-0.3, -0.25) is 4.90 Å².